The minimum Gasteiger partial charge on any atom is -0.481 e. The number of para-hydroxylation sites is 1. The first kappa shape index (κ1) is 14.6. The van der Waals surface area contributed by atoms with Gasteiger partial charge in [-0.15, -0.1) is 0 Å². The lowest BCUT2D eigenvalue weighted by Gasteiger charge is -2.26. The number of hydrogen-bond acceptors (Lipinski definition) is 2. The number of aryl methyl sites for hydroxylation is 1. The predicted octanol–water partition coefficient (Wildman–Crippen LogP) is 3.74. The molecule has 22 heavy (non-hydrogen) atoms. The molecule has 3 rings (SSSR count). The maximum absolute atomic E-state index is 12.8. The van der Waals surface area contributed by atoms with Crippen molar-refractivity contribution in [1.82, 2.24) is 0 Å². The van der Waals surface area contributed by atoms with Crippen molar-refractivity contribution in [2.75, 3.05) is 4.90 Å². The van der Waals surface area contributed by atoms with Crippen molar-refractivity contribution in [3.8, 4) is 5.75 Å². The molecule has 3 heteroatoms. The summed E-state index contributed by atoms with van der Waals surface area (Å²) in [5.74, 6) is 0.740. The average molecular weight is 295 g/mol. The first-order valence-corrected chi connectivity index (χ1v) is 7.70. The zero-order chi connectivity index (χ0) is 15.7. The van der Waals surface area contributed by atoms with Gasteiger partial charge in [0.15, 0.2) is 6.10 Å². The van der Waals surface area contributed by atoms with E-state index in [2.05, 4.69) is 13.0 Å². The third kappa shape index (κ3) is 2.71. The third-order valence-corrected chi connectivity index (χ3v) is 4.13. The Morgan fingerprint density at radius 3 is 2.59 bits per heavy atom. The Kier molecular flexibility index (Phi) is 3.88. The summed E-state index contributed by atoms with van der Waals surface area (Å²) in [5.41, 5.74) is 3.42. The van der Waals surface area contributed by atoms with E-state index in [-0.39, 0.29) is 11.9 Å². The topological polar surface area (TPSA) is 29.5 Å². The van der Waals surface area contributed by atoms with Crippen LogP contribution in [-0.2, 0) is 11.2 Å². The third-order valence-electron chi connectivity index (χ3n) is 4.13. The van der Waals surface area contributed by atoms with Gasteiger partial charge in [-0.25, -0.2) is 0 Å². The van der Waals surface area contributed by atoms with Crippen LogP contribution < -0.4 is 9.64 Å². The molecule has 2 aromatic carbocycles. The highest BCUT2D eigenvalue weighted by molar-refractivity contribution is 5.99. The maximum Gasteiger partial charge on any atom is 0.268 e. The number of hydrogen-bond donors (Lipinski definition) is 0. The van der Waals surface area contributed by atoms with Crippen LogP contribution in [0.15, 0.2) is 48.5 Å². The van der Waals surface area contributed by atoms with Crippen molar-refractivity contribution < 1.29 is 9.53 Å². The average Bonchev–Trinajstić information content (AvgIpc) is 2.84. The van der Waals surface area contributed by atoms with Gasteiger partial charge in [0.05, 0.1) is 0 Å². The summed E-state index contributed by atoms with van der Waals surface area (Å²) in [6, 6.07) is 16.0. The molecular formula is C19H21NO2. The second-order valence-corrected chi connectivity index (χ2v) is 5.96. The molecule has 1 aliphatic heterocycles. The van der Waals surface area contributed by atoms with Crippen LogP contribution >= 0.6 is 0 Å². The fourth-order valence-electron chi connectivity index (χ4n) is 2.97. The van der Waals surface area contributed by atoms with Crippen LogP contribution in [0.2, 0.25) is 0 Å². The maximum atomic E-state index is 12.8. The minimum absolute atomic E-state index is 0.0121. The minimum atomic E-state index is -0.503. The molecule has 3 nitrogen and oxygen atoms in total. The Morgan fingerprint density at radius 2 is 1.86 bits per heavy atom. The van der Waals surface area contributed by atoms with Crippen LogP contribution in [0.3, 0.4) is 0 Å². The van der Waals surface area contributed by atoms with Gasteiger partial charge in [0.25, 0.3) is 5.91 Å². The molecule has 2 atom stereocenters. The Labute approximate surface area is 131 Å². The highest BCUT2D eigenvalue weighted by Crippen LogP contribution is 2.32. The number of carbonyl (C=O) groups excluding carboxylic acids is 1. The molecule has 0 saturated carbocycles. The van der Waals surface area contributed by atoms with Crippen LogP contribution in [0.25, 0.3) is 0 Å². The van der Waals surface area contributed by atoms with E-state index in [1.54, 1.807) is 0 Å². The normalized spacial score (nSPS) is 18.0. The van der Waals surface area contributed by atoms with Crippen molar-refractivity contribution in [3.05, 3.63) is 59.7 Å². The summed E-state index contributed by atoms with van der Waals surface area (Å²) in [6.07, 6.45) is 0.399. The fraction of sp³-hybridized carbons (Fsp3) is 0.316. The zero-order valence-corrected chi connectivity index (χ0v) is 13.2. The van der Waals surface area contributed by atoms with Crippen LogP contribution in [0, 0.1) is 6.92 Å². The number of anilines is 1. The predicted molar refractivity (Wildman–Crippen MR) is 88.4 cm³/mol. The standard InChI is InChI=1S/C19H21NO2/c1-13-8-10-17(11-9-13)22-15(3)19(21)20-14(2)12-16-6-4-5-7-18(16)20/h4-11,14-15H,12H2,1-3H3. The molecule has 114 valence electrons. The summed E-state index contributed by atoms with van der Waals surface area (Å²) in [5, 5.41) is 0. The van der Waals surface area contributed by atoms with Gasteiger partial charge >= 0.3 is 0 Å². The Hall–Kier alpha value is -2.29. The van der Waals surface area contributed by atoms with Gasteiger partial charge in [-0.3, -0.25) is 4.79 Å². The highest BCUT2D eigenvalue weighted by atomic mass is 16.5. The highest BCUT2D eigenvalue weighted by Gasteiger charge is 2.33. The van der Waals surface area contributed by atoms with Gasteiger partial charge in [-0.1, -0.05) is 35.9 Å². The van der Waals surface area contributed by atoms with Gasteiger partial charge in [-0.2, -0.15) is 0 Å². The van der Waals surface area contributed by atoms with Crippen molar-refractivity contribution in [2.45, 2.75) is 39.3 Å². The number of rotatable bonds is 3. The lowest BCUT2D eigenvalue weighted by Crippen LogP contribution is -2.43. The van der Waals surface area contributed by atoms with E-state index in [9.17, 15) is 4.79 Å². The molecule has 2 unspecified atom stereocenters. The van der Waals surface area contributed by atoms with E-state index >= 15 is 0 Å². The van der Waals surface area contributed by atoms with Crippen molar-refractivity contribution in [2.24, 2.45) is 0 Å². The van der Waals surface area contributed by atoms with Gasteiger partial charge < -0.3 is 9.64 Å². The first-order valence-electron chi connectivity index (χ1n) is 7.70. The smallest absolute Gasteiger partial charge is 0.268 e. The molecule has 1 amide bonds. The largest absolute Gasteiger partial charge is 0.481 e. The lowest BCUT2D eigenvalue weighted by molar-refractivity contribution is -0.124. The molecule has 1 aliphatic rings. The lowest BCUT2D eigenvalue weighted by atomic mass is 10.1. The van der Waals surface area contributed by atoms with E-state index in [1.165, 1.54) is 11.1 Å². The number of amides is 1. The van der Waals surface area contributed by atoms with Gasteiger partial charge in [0.2, 0.25) is 0 Å². The molecule has 1 heterocycles. The molecule has 0 N–H and O–H groups in total. The molecule has 0 aliphatic carbocycles. The van der Waals surface area contributed by atoms with Crippen molar-refractivity contribution >= 4 is 11.6 Å². The summed E-state index contributed by atoms with van der Waals surface area (Å²) >= 11 is 0. The Morgan fingerprint density at radius 1 is 1.18 bits per heavy atom. The first-order chi connectivity index (χ1) is 10.6. The monoisotopic (exact) mass is 295 g/mol. The van der Waals surface area contributed by atoms with Crippen LogP contribution in [0.1, 0.15) is 25.0 Å². The van der Waals surface area contributed by atoms with Gasteiger partial charge in [0.1, 0.15) is 5.75 Å². The number of ether oxygens (including phenoxy) is 1. The van der Waals surface area contributed by atoms with Crippen LogP contribution in [0.4, 0.5) is 5.69 Å². The van der Waals surface area contributed by atoms with E-state index in [4.69, 9.17) is 4.74 Å². The van der Waals surface area contributed by atoms with E-state index in [0.717, 1.165) is 17.9 Å². The molecular weight excluding hydrogens is 274 g/mol. The number of nitrogens with zero attached hydrogens (tertiary/aromatic N) is 1. The Bertz CT molecular complexity index is 678. The van der Waals surface area contributed by atoms with Crippen LogP contribution in [0.5, 0.6) is 5.75 Å². The summed E-state index contributed by atoms with van der Waals surface area (Å²) in [6.45, 7) is 5.92. The summed E-state index contributed by atoms with van der Waals surface area (Å²) < 4.78 is 5.82. The van der Waals surface area contributed by atoms with Crippen molar-refractivity contribution in [3.63, 3.8) is 0 Å². The molecule has 0 spiro atoms. The summed E-state index contributed by atoms with van der Waals surface area (Å²) in [7, 11) is 0. The zero-order valence-electron chi connectivity index (χ0n) is 13.2. The molecule has 0 aromatic heterocycles. The quantitative estimate of drug-likeness (QED) is 0.863. The Balaban J connectivity index is 1.77. The van der Waals surface area contributed by atoms with E-state index in [1.807, 2.05) is 61.2 Å². The number of fused-ring (bicyclic) bond motifs is 1. The number of carbonyl (C=O) groups is 1. The molecule has 0 saturated heterocycles. The SMILES string of the molecule is Cc1ccc(OC(C)C(=O)N2c3ccccc3CC2C)cc1. The second kappa shape index (κ2) is 5.84. The second-order valence-electron chi connectivity index (χ2n) is 5.96. The summed E-state index contributed by atoms with van der Waals surface area (Å²) in [4.78, 5) is 14.7. The van der Waals surface area contributed by atoms with Gasteiger partial charge in [-0.05, 0) is 51.0 Å². The van der Waals surface area contributed by atoms with Crippen molar-refractivity contribution in [1.29, 1.82) is 0 Å². The molecule has 0 bridgehead atoms. The van der Waals surface area contributed by atoms with E-state index < -0.39 is 6.10 Å². The van der Waals surface area contributed by atoms with Crippen LogP contribution in [-0.4, -0.2) is 18.1 Å². The molecule has 0 radical (unpaired) electrons. The number of benzene rings is 2. The fourth-order valence-corrected chi connectivity index (χ4v) is 2.97. The molecule has 0 fully saturated rings. The van der Waals surface area contributed by atoms with E-state index in [0.29, 0.717) is 0 Å². The molecule has 2 aromatic rings. The van der Waals surface area contributed by atoms with Gasteiger partial charge in [0, 0.05) is 11.7 Å².